The first kappa shape index (κ1) is 17.7. The predicted molar refractivity (Wildman–Crippen MR) is 105 cm³/mol. The molecule has 0 N–H and O–H groups in total. The van der Waals surface area contributed by atoms with Gasteiger partial charge in [0, 0.05) is 24.0 Å². The zero-order valence-electron chi connectivity index (χ0n) is 15.8. The Morgan fingerprint density at radius 3 is 2.56 bits per heavy atom. The molecule has 3 rings (SSSR count). The third kappa shape index (κ3) is 3.46. The van der Waals surface area contributed by atoms with E-state index < -0.39 is 0 Å². The lowest BCUT2D eigenvalue weighted by molar-refractivity contribution is 0.381. The quantitative estimate of drug-likeness (QED) is 0.627. The van der Waals surface area contributed by atoms with Gasteiger partial charge >= 0.3 is 0 Å². The number of benzene rings is 2. The maximum Gasteiger partial charge on any atom is 0.123 e. The lowest BCUT2D eigenvalue weighted by Gasteiger charge is -2.47. The van der Waals surface area contributed by atoms with Crippen molar-refractivity contribution in [1.29, 1.82) is 0 Å². The molecule has 1 aliphatic heterocycles. The number of nitrogens with zero attached hydrogens (tertiary/aromatic N) is 2. The second-order valence-electron chi connectivity index (χ2n) is 7.66. The van der Waals surface area contributed by atoms with Crippen LogP contribution in [0.1, 0.15) is 56.7 Å². The Balaban J connectivity index is 1.99. The fraction of sp³-hybridized carbons (Fsp3) is 0.409. The van der Waals surface area contributed by atoms with Crippen LogP contribution in [0.4, 0.5) is 15.8 Å². The van der Waals surface area contributed by atoms with E-state index in [0.717, 1.165) is 24.2 Å². The molecule has 0 bridgehead atoms. The van der Waals surface area contributed by atoms with Crippen molar-refractivity contribution in [1.82, 2.24) is 0 Å². The number of fused-ring (bicyclic) bond motifs is 1. The molecule has 25 heavy (non-hydrogen) atoms. The smallest absolute Gasteiger partial charge is 0.123 e. The van der Waals surface area contributed by atoms with Gasteiger partial charge < -0.3 is 4.90 Å². The first-order valence-corrected chi connectivity index (χ1v) is 9.03. The molecular weight excluding hydrogens is 311 g/mol. The maximum absolute atomic E-state index is 13.0. The molecule has 132 valence electrons. The summed E-state index contributed by atoms with van der Waals surface area (Å²) >= 11 is 0. The number of aryl methyl sites for hydroxylation is 1. The van der Waals surface area contributed by atoms with E-state index in [9.17, 15) is 4.39 Å². The molecule has 0 saturated carbocycles. The highest BCUT2D eigenvalue weighted by Crippen LogP contribution is 2.44. The summed E-state index contributed by atoms with van der Waals surface area (Å²) in [4.78, 5) is 7.03. The van der Waals surface area contributed by atoms with Gasteiger partial charge in [0.2, 0.25) is 0 Å². The van der Waals surface area contributed by atoms with Crippen LogP contribution in [0.25, 0.3) is 0 Å². The van der Waals surface area contributed by atoms with Gasteiger partial charge in [0.05, 0.1) is 5.69 Å². The summed E-state index contributed by atoms with van der Waals surface area (Å²) in [6.07, 6.45) is 3.04. The van der Waals surface area contributed by atoms with Crippen molar-refractivity contribution >= 4 is 17.6 Å². The Hall–Kier alpha value is -2.16. The average molecular weight is 338 g/mol. The van der Waals surface area contributed by atoms with Crippen LogP contribution in [-0.4, -0.2) is 18.3 Å². The first-order chi connectivity index (χ1) is 11.8. The number of rotatable bonds is 3. The molecule has 0 amide bonds. The van der Waals surface area contributed by atoms with Gasteiger partial charge in [-0.15, -0.1) is 0 Å². The fourth-order valence-corrected chi connectivity index (χ4v) is 4.06. The lowest BCUT2D eigenvalue weighted by atomic mass is 9.79. The average Bonchev–Trinajstić information content (AvgIpc) is 2.54. The molecule has 0 aliphatic carbocycles. The molecule has 0 saturated heterocycles. The number of hydrogen-bond donors (Lipinski definition) is 0. The molecule has 1 unspecified atom stereocenters. The second-order valence-corrected chi connectivity index (χ2v) is 7.66. The van der Waals surface area contributed by atoms with E-state index in [4.69, 9.17) is 0 Å². The topological polar surface area (TPSA) is 15.6 Å². The molecule has 2 aromatic carbocycles. The number of aliphatic imine (C=N–C) groups is 1. The Bertz CT molecular complexity index is 790. The number of halogens is 1. The zero-order valence-corrected chi connectivity index (χ0v) is 15.8. The molecule has 1 atom stereocenters. The molecule has 1 heterocycles. The molecule has 0 aromatic heterocycles. The van der Waals surface area contributed by atoms with Crippen molar-refractivity contribution in [3.05, 3.63) is 58.9 Å². The maximum atomic E-state index is 13.0. The summed E-state index contributed by atoms with van der Waals surface area (Å²) in [5.74, 6) is 0.284. The Morgan fingerprint density at radius 2 is 1.92 bits per heavy atom. The van der Waals surface area contributed by atoms with E-state index in [0.29, 0.717) is 5.92 Å². The summed E-state index contributed by atoms with van der Waals surface area (Å²) in [5, 5.41) is 0. The van der Waals surface area contributed by atoms with Crippen molar-refractivity contribution < 1.29 is 4.39 Å². The molecule has 2 nitrogen and oxygen atoms in total. The highest BCUT2D eigenvalue weighted by molar-refractivity contribution is 5.86. The van der Waals surface area contributed by atoms with E-state index in [-0.39, 0.29) is 11.4 Å². The Kier molecular flexibility index (Phi) is 4.68. The summed E-state index contributed by atoms with van der Waals surface area (Å²) < 4.78 is 13.0. The molecule has 0 spiro atoms. The Morgan fingerprint density at radius 1 is 1.24 bits per heavy atom. The van der Waals surface area contributed by atoms with Crippen LogP contribution in [0.3, 0.4) is 0 Å². The highest BCUT2D eigenvalue weighted by atomic mass is 19.1. The predicted octanol–water partition coefficient (Wildman–Crippen LogP) is 6.00. The molecule has 3 heteroatoms. The minimum absolute atomic E-state index is 0.178. The molecular formula is C22H27FN2. The van der Waals surface area contributed by atoms with Crippen LogP contribution >= 0.6 is 0 Å². The van der Waals surface area contributed by atoms with Gasteiger partial charge in [-0.05, 0) is 93.1 Å². The number of hydrogen-bond acceptors (Lipinski definition) is 2. The van der Waals surface area contributed by atoms with Crippen LogP contribution in [0.2, 0.25) is 0 Å². The van der Waals surface area contributed by atoms with Crippen molar-refractivity contribution in [2.75, 3.05) is 11.4 Å². The monoisotopic (exact) mass is 338 g/mol. The van der Waals surface area contributed by atoms with E-state index in [2.05, 4.69) is 56.6 Å². The van der Waals surface area contributed by atoms with Crippen LogP contribution in [0.15, 0.2) is 41.4 Å². The second kappa shape index (κ2) is 6.62. The van der Waals surface area contributed by atoms with Gasteiger partial charge in [0.15, 0.2) is 0 Å². The molecule has 0 fully saturated rings. The van der Waals surface area contributed by atoms with Crippen molar-refractivity contribution in [2.45, 2.75) is 52.5 Å². The minimum atomic E-state index is -0.236. The molecule has 0 radical (unpaired) electrons. The van der Waals surface area contributed by atoms with Gasteiger partial charge in [-0.2, -0.15) is 0 Å². The first-order valence-electron chi connectivity index (χ1n) is 9.03. The SMILES string of the molecule is CCN1c2cc(C)c(C=Nc3ccc(F)cc3)cc2C(C)CC1(C)C. The lowest BCUT2D eigenvalue weighted by Crippen LogP contribution is -2.48. The Labute approximate surface area is 150 Å². The van der Waals surface area contributed by atoms with Gasteiger partial charge in [0.1, 0.15) is 5.82 Å². The standard InChI is InChI=1S/C22H27FN2/c1-6-25-21-11-15(2)17(12-20(21)16(3)13-22(25,4)5)14-24-19-9-7-18(23)8-10-19/h7-12,14,16H,6,13H2,1-5H3. The van der Waals surface area contributed by atoms with Crippen LogP contribution in [0.5, 0.6) is 0 Å². The van der Waals surface area contributed by atoms with Crippen molar-refractivity contribution in [3.8, 4) is 0 Å². The van der Waals surface area contributed by atoms with Crippen LogP contribution < -0.4 is 4.90 Å². The van der Waals surface area contributed by atoms with Crippen LogP contribution in [-0.2, 0) is 0 Å². The van der Waals surface area contributed by atoms with Gasteiger partial charge in [-0.1, -0.05) is 6.92 Å². The number of anilines is 1. The summed E-state index contributed by atoms with van der Waals surface area (Å²) in [5.41, 5.74) is 6.04. The zero-order chi connectivity index (χ0) is 18.2. The molecule has 2 aromatic rings. The van der Waals surface area contributed by atoms with Crippen molar-refractivity contribution in [2.24, 2.45) is 4.99 Å². The van der Waals surface area contributed by atoms with E-state index >= 15 is 0 Å². The van der Waals surface area contributed by atoms with Crippen LogP contribution in [0, 0.1) is 12.7 Å². The summed E-state index contributed by atoms with van der Waals surface area (Å²) in [6.45, 7) is 12.3. The van der Waals surface area contributed by atoms with E-state index in [1.165, 1.54) is 28.9 Å². The fourth-order valence-electron chi connectivity index (χ4n) is 4.06. The highest BCUT2D eigenvalue weighted by Gasteiger charge is 2.35. The third-order valence-electron chi connectivity index (χ3n) is 5.27. The van der Waals surface area contributed by atoms with Crippen molar-refractivity contribution in [3.63, 3.8) is 0 Å². The third-order valence-corrected chi connectivity index (χ3v) is 5.27. The normalized spacial score (nSPS) is 19.3. The van der Waals surface area contributed by atoms with Gasteiger partial charge in [0.25, 0.3) is 0 Å². The largest absolute Gasteiger partial charge is 0.366 e. The summed E-state index contributed by atoms with van der Waals surface area (Å²) in [7, 11) is 0. The summed E-state index contributed by atoms with van der Waals surface area (Å²) in [6, 6.07) is 10.8. The molecule has 1 aliphatic rings. The van der Waals surface area contributed by atoms with Gasteiger partial charge in [-0.3, -0.25) is 4.99 Å². The van der Waals surface area contributed by atoms with Gasteiger partial charge in [-0.25, -0.2) is 4.39 Å². The van der Waals surface area contributed by atoms with E-state index in [1.54, 1.807) is 12.1 Å². The minimum Gasteiger partial charge on any atom is -0.366 e. The van der Waals surface area contributed by atoms with E-state index in [1.807, 2.05) is 6.21 Å².